The van der Waals surface area contributed by atoms with Crippen molar-refractivity contribution in [3.63, 3.8) is 0 Å². The molecule has 0 unspecified atom stereocenters. The minimum Gasteiger partial charge on any atom is -0.271 e. The maximum absolute atomic E-state index is 11.5. The molecule has 0 atom stereocenters. The molecule has 1 heterocycles. The summed E-state index contributed by atoms with van der Waals surface area (Å²) in [5, 5.41) is 0. The number of aryl methyl sites for hydroxylation is 1. The zero-order chi connectivity index (χ0) is 10.6. The van der Waals surface area contributed by atoms with Crippen LogP contribution in [-0.4, -0.2) is 17.0 Å². The SMILES string of the molecule is Cc1ncccc1C(=O)NOC(C)C. The topological polar surface area (TPSA) is 51.2 Å². The molecule has 1 aromatic rings. The van der Waals surface area contributed by atoms with Crippen LogP contribution in [0.25, 0.3) is 0 Å². The molecular formula is C10H14N2O2. The predicted octanol–water partition coefficient (Wildman–Crippen LogP) is 1.46. The molecule has 76 valence electrons. The fourth-order valence-electron chi connectivity index (χ4n) is 0.951. The van der Waals surface area contributed by atoms with Gasteiger partial charge >= 0.3 is 0 Å². The van der Waals surface area contributed by atoms with Crippen molar-refractivity contribution in [2.24, 2.45) is 0 Å². The number of hydrogen-bond donors (Lipinski definition) is 1. The van der Waals surface area contributed by atoms with E-state index in [1.54, 1.807) is 25.3 Å². The molecule has 0 saturated heterocycles. The molecule has 0 saturated carbocycles. The first-order valence-corrected chi connectivity index (χ1v) is 4.49. The van der Waals surface area contributed by atoms with Crippen molar-refractivity contribution in [1.82, 2.24) is 10.5 Å². The highest BCUT2D eigenvalue weighted by Crippen LogP contribution is 2.03. The summed E-state index contributed by atoms with van der Waals surface area (Å²) in [6.45, 7) is 5.47. The van der Waals surface area contributed by atoms with Gasteiger partial charge in [-0.2, -0.15) is 0 Å². The minimum absolute atomic E-state index is 0.0315. The number of aromatic nitrogens is 1. The molecule has 0 radical (unpaired) electrons. The van der Waals surface area contributed by atoms with Crippen LogP contribution < -0.4 is 5.48 Å². The fraction of sp³-hybridized carbons (Fsp3) is 0.400. The largest absolute Gasteiger partial charge is 0.276 e. The monoisotopic (exact) mass is 194 g/mol. The number of hydroxylamine groups is 1. The molecule has 4 heteroatoms. The maximum atomic E-state index is 11.5. The highest BCUT2D eigenvalue weighted by Gasteiger charge is 2.09. The number of nitrogens with one attached hydrogen (secondary N) is 1. The Labute approximate surface area is 83.3 Å². The van der Waals surface area contributed by atoms with Gasteiger partial charge in [-0.05, 0) is 32.9 Å². The first-order valence-electron chi connectivity index (χ1n) is 4.49. The van der Waals surface area contributed by atoms with E-state index in [0.29, 0.717) is 11.3 Å². The van der Waals surface area contributed by atoms with Crippen LogP contribution in [0.4, 0.5) is 0 Å². The second kappa shape index (κ2) is 4.72. The molecule has 1 N–H and O–H groups in total. The molecule has 0 aliphatic heterocycles. The van der Waals surface area contributed by atoms with Gasteiger partial charge in [0.15, 0.2) is 0 Å². The Hall–Kier alpha value is -1.42. The van der Waals surface area contributed by atoms with E-state index in [2.05, 4.69) is 10.5 Å². The number of hydrogen-bond acceptors (Lipinski definition) is 3. The van der Waals surface area contributed by atoms with Crippen molar-refractivity contribution in [3.05, 3.63) is 29.6 Å². The van der Waals surface area contributed by atoms with Crippen molar-refractivity contribution >= 4 is 5.91 Å². The standard InChI is InChI=1S/C10H14N2O2/c1-7(2)14-12-10(13)9-5-4-6-11-8(9)3/h4-7H,1-3H3,(H,12,13). The molecule has 0 aliphatic rings. The van der Waals surface area contributed by atoms with E-state index in [4.69, 9.17) is 4.84 Å². The molecule has 1 amide bonds. The second-order valence-electron chi connectivity index (χ2n) is 3.23. The van der Waals surface area contributed by atoms with E-state index in [1.807, 2.05) is 13.8 Å². The van der Waals surface area contributed by atoms with E-state index < -0.39 is 0 Å². The zero-order valence-corrected chi connectivity index (χ0v) is 8.57. The van der Waals surface area contributed by atoms with Gasteiger partial charge in [-0.3, -0.25) is 14.6 Å². The lowest BCUT2D eigenvalue weighted by atomic mass is 10.2. The number of carbonyl (C=O) groups is 1. The van der Waals surface area contributed by atoms with Crippen molar-refractivity contribution in [1.29, 1.82) is 0 Å². The van der Waals surface area contributed by atoms with Gasteiger partial charge in [0.2, 0.25) is 0 Å². The summed E-state index contributed by atoms with van der Waals surface area (Å²) in [5.74, 6) is -0.260. The molecule has 0 bridgehead atoms. The Balaban J connectivity index is 2.65. The lowest BCUT2D eigenvalue weighted by Crippen LogP contribution is -2.27. The summed E-state index contributed by atoms with van der Waals surface area (Å²) >= 11 is 0. The first kappa shape index (κ1) is 10.7. The Morgan fingerprint density at radius 2 is 2.29 bits per heavy atom. The molecule has 0 aromatic carbocycles. The Morgan fingerprint density at radius 1 is 1.57 bits per heavy atom. The number of carbonyl (C=O) groups excluding carboxylic acids is 1. The smallest absolute Gasteiger partial charge is 0.271 e. The van der Waals surface area contributed by atoms with E-state index in [1.165, 1.54) is 0 Å². The third-order valence-corrected chi connectivity index (χ3v) is 1.64. The Bertz CT molecular complexity index is 324. The van der Waals surface area contributed by atoms with Gasteiger partial charge < -0.3 is 0 Å². The summed E-state index contributed by atoms with van der Waals surface area (Å²) in [6, 6.07) is 3.43. The Kier molecular flexibility index (Phi) is 3.59. The molecule has 1 rings (SSSR count). The van der Waals surface area contributed by atoms with Gasteiger partial charge in [-0.1, -0.05) is 0 Å². The van der Waals surface area contributed by atoms with Gasteiger partial charge in [-0.25, -0.2) is 5.48 Å². The van der Waals surface area contributed by atoms with Crippen LogP contribution in [0.15, 0.2) is 18.3 Å². The van der Waals surface area contributed by atoms with Crippen molar-refractivity contribution < 1.29 is 9.63 Å². The summed E-state index contributed by atoms with van der Waals surface area (Å²) in [7, 11) is 0. The van der Waals surface area contributed by atoms with Crippen LogP contribution in [-0.2, 0) is 4.84 Å². The highest BCUT2D eigenvalue weighted by molar-refractivity contribution is 5.94. The number of pyridine rings is 1. The van der Waals surface area contributed by atoms with Crippen LogP contribution in [0.1, 0.15) is 29.9 Å². The second-order valence-corrected chi connectivity index (χ2v) is 3.23. The molecule has 0 fully saturated rings. The van der Waals surface area contributed by atoms with Crippen LogP contribution in [0.3, 0.4) is 0 Å². The third kappa shape index (κ3) is 2.81. The number of amides is 1. The van der Waals surface area contributed by atoms with Gasteiger partial charge in [0, 0.05) is 6.20 Å². The van der Waals surface area contributed by atoms with Crippen LogP contribution >= 0.6 is 0 Å². The number of nitrogens with zero attached hydrogens (tertiary/aromatic N) is 1. The lowest BCUT2D eigenvalue weighted by molar-refractivity contribution is 0.000117. The zero-order valence-electron chi connectivity index (χ0n) is 8.57. The van der Waals surface area contributed by atoms with E-state index in [0.717, 1.165) is 0 Å². The van der Waals surface area contributed by atoms with Gasteiger partial charge in [0.05, 0.1) is 17.4 Å². The predicted molar refractivity (Wildman–Crippen MR) is 52.7 cm³/mol. The van der Waals surface area contributed by atoms with Crippen molar-refractivity contribution in [3.8, 4) is 0 Å². The maximum Gasteiger partial charge on any atom is 0.276 e. The quantitative estimate of drug-likeness (QED) is 0.741. The molecular weight excluding hydrogens is 180 g/mol. The summed E-state index contributed by atoms with van der Waals surface area (Å²) in [5.41, 5.74) is 3.59. The van der Waals surface area contributed by atoms with Crippen LogP contribution in [0.2, 0.25) is 0 Å². The normalized spacial score (nSPS) is 10.3. The molecule has 0 spiro atoms. The average Bonchev–Trinajstić information content (AvgIpc) is 2.15. The van der Waals surface area contributed by atoms with E-state index >= 15 is 0 Å². The van der Waals surface area contributed by atoms with Crippen molar-refractivity contribution in [2.75, 3.05) is 0 Å². The third-order valence-electron chi connectivity index (χ3n) is 1.64. The summed E-state index contributed by atoms with van der Waals surface area (Å²) < 4.78 is 0. The summed E-state index contributed by atoms with van der Waals surface area (Å²) in [6.07, 6.45) is 1.62. The van der Waals surface area contributed by atoms with Gasteiger partial charge in [0.1, 0.15) is 0 Å². The average molecular weight is 194 g/mol. The Morgan fingerprint density at radius 3 is 2.86 bits per heavy atom. The first-order chi connectivity index (χ1) is 6.61. The van der Waals surface area contributed by atoms with Crippen molar-refractivity contribution in [2.45, 2.75) is 26.9 Å². The van der Waals surface area contributed by atoms with Gasteiger partial charge in [-0.15, -0.1) is 0 Å². The van der Waals surface area contributed by atoms with E-state index in [9.17, 15) is 4.79 Å². The number of rotatable bonds is 3. The summed E-state index contributed by atoms with van der Waals surface area (Å²) in [4.78, 5) is 20.5. The van der Waals surface area contributed by atoms with Crippen LogP contribution in [0.5, 0.6) is 0 Å². The molecule has 0 aliphatic carbocycles. The molecule has 4 nitrogen and oxygen atoms in total. The highest BCUT2D eigenvalue weighted by atomic mass is 16.7. The molecule has 1 aromatic heterocycles. The molecule has 14 heavy (non-hydrogen) atoms. The van der Waals surface area contributed by atoms with Crippen LogP contribution in [0, 0.1) is 6.92 Å². The lowest BCUT2D eigenvalue weighted by Gasteiger charge is -2.09. The van der Waals surface area contributed by atoms with E-state index in [-0.39, 0.29) is 12.0 Å². The minimum atomic E-state index is -0.260. The van der Waals surface area contributed by atoms with Gasteiger partial charge in [0.25, 0.3) is 5.91 Å². The fourth-order valence-corrected chi connectivity index (χ4v) is 0.951.